The van der Waals surface area contributed by atoms with Gasteiger partial charge < -0.3 is 10.4 Å². The third-order valence-electron chi connectivity index (χ3n) is 2.99. The van der Waals surface area contributed by atoms with E-state index < -0.39 is 17.3 Å². The highest BCUT2D eigenvalue weighted by Gasteiger charge is 2.45. The minimum atomic E-state index is -0.852. The lowest BCUT2D eigenvalue weighted by Gasteiger charge is -2.26. The van der Waals surface area contributed by atoms with Gasteiger partial charge in [-0.25, -0.2) is 0 Å². The van der Waals surface area contributed by atoms with Crippen LogP contribution in [0.1, 0.15) is 33.1 Å². The Balaban J connectivity index is 2.72. The van der Waals surface area contributed by atoms with Gasteiger partial charge in [0.15, 0.2) is 0 Å². The maximum absolute atomic E-state index is 11.2. The van der Waals surface area contributed by atoms with E-state index in [2.05, 4.69) is 17.2 Å². The van der Waals surface area contributed by atoms with Crippen LogP contribution in [0.4, 0.5) is 0 Å². The summed E-state index contributed by atoms with van der Waals surface area (Å²) in [4.78, 5) is 22.3. The number of aliphatic carboxylic acids is 1. The lowest BCUT2D eigenvalue weighted by Crippen LogP contribution is -2.46. The van der Waals surface area contributed by atoms with Crippen LogP contribution in [0, 0.1) is 17.3 Å². The average molecular weight is 209 g/mol. The molecule has 1 aliphatic carbocycles. The molecule has 0 aromatic rings. The Kier molecular flexibility index (Phi) is 3.35. The highest BCUT2D eigenvalue weighted by Crippen LogP contribution is 2.38. The summed E-state index contributed by atoms with van der Waals surface area (Å²) in [7, 11) is 0. The molecule has 1 fully saturated rings. The third kappa shape index (κ3) is 2.30. The zero-order valence-corrected chi connectivity index (χ0v) is 8.96. The minimum Gasteiger partial charge on any atom is -0.481 e. The van der Waals surface area contributed by atoms with Gasteiger partial charge in [0.05, 0.1) is 5.41 Å². The second kappa shape index (κ2) is 4.35. The molecule has 0 aromatic carbocycles. The molecule has 2 N–H and O–H groups in total. The Morgan fingerprint density at radius 3 is 2.73 bits per heavy atom. The van der Waals surface area contributed by atoms with E-state index in [1.165, 1.54) is 0 Å². The summed E-state index contributed by atoms with van der Waals surface area (Å²) in [5.41, 5.74) is -0.842. The van der Waals surface area contributed by atoms with Crippen LogP contribution >= 0.6 is 0 Å². The first-order valence-electron chi connectivity index (χ1n) is 4.97. The van der Waals surface area contributed by atoms with Gasteiger partial charge in [-0.15, -0.1) is 0 Å². The summed E-state index contributed by atoms with van der Waals surface area (Å²) in [6, 6.07) is -0.302. The van der Waals surface area contributed by atoms with Crippen molar-refractivity contribution < 1.29 is 14.7 Å². The van der Waals surface area contributed by atoms with E-state index in [0.29, 0.717) is 12.8 Å². The van der Waals surface area contributed by atoms with Crippen molar-refractivity contribution in [2.45, 2.75) is 39.2 Å². The van der Waals surface area contributed by atoms with Crippen LogP contribution < -0.4 is 5.32 Å². The zero-order chi connectivity index (χ0) is 11.5. The van der Waals surface area contributed by atoms with Crippen LogP contribution in [0.2, 0.25) is 0 Å². The van der Waals surface area contributed by atoms with E-state index in [9.17, 15) is 9.59 Å². The molecule has 0 bridgehead atoms. The summed E-state index contributed by atoms with van der Waals surface area (Å²) in [6.45, 7) is 3.25. The summed E-state index contributed by atoms with van der Waals surface area (Å²) < 4.78 is 0. The van der Waals surface area contributed by atoms with Gasteiger partial charge in [-0.05, 0) is 32.6 Å². The maximum Gasteiger partial charge on any atom is 0.311 e. The number of nitrogens with one attached hydrogen (secondary N) is 1. The Labute approximate surface area is 89.0 Å². The van der Waals surface area contributed by atoms with Crippen molar-refractivity contribution in [3.63, 3.8) is 0 Å². The highest BCUT2D eigenvalue weighted by molar-refractivity contribution is 5.94. The van der Waals surface area contributed by atoms with Crippen LogP contribution in [0.15, 0.2) is 0 Å². The fourth-order valence-electron chi connectivity index (χ4n) is 1.96. The van der Waals surface area contributed by atoms with E-state index in [1.807, 2.05) is 0 Å². The predicted molar refractivity (Wildman–Crippen MR) is 55.0 cm³/mol. The first-order valence-corrected chi connectivity index (χ1v) is 4.97. The number of amides is 1. The molecule has 0 spiro atoms. The number of carboxylic acid groups (broad SMARTS) is 1. The molecule has 1 amide bonds. The Morgan fingerprint density at radius 1 is 1.53 bits per heavy atom. The molecule has 0 saturated heterocycles. The molecule has 0 radical (unpaired) electrons. The van der Waals surface area contributed by atoms with Crippen molar-refractivity contribution in [2.75, 3.05) is 0 Å². The third-order valence-corrected chi connectivity index (χ3v) is 2.99. The summed E-state index contributed by atoms with van der Waals surface area (Å²) in [5, 5.41) is 11.8. The molecule has 15 heavy (non-hydrogen) atoms. The van der Waals surface area contributed by atoms with Gasteiger partial charge in [0, 0.05) is 6.04 Å². The number of hydrogen-bond acceptors (Lipinski definition) is 2. The van der Waals surface area contributed by atoms with E-state index in [4.69, 9.17) is 5.11 Å². The van der Waals surface area contributed by atoms with Crippen LogP contribution in [-0.2, 0) is 9.59 Å². The lowest BCUT2D eigenvalue weighted by molar-refractivity contribution is -0.148. The number of carbonyl (C=O) groups is 2. The monoisotopic (exact) mass is 209 g/mol. The smallest absolute Gasteiger partial charge is 0.311 e. The van der Waals surface area contributed by atoms with Crippen LogP contribution in [0.5, 0.6) is 0 Å². The van der Waals surface area contributed by atoms with Gasteiger partial charge in [0.2, 0.25) is 0 Å². The van der Waals surface area contributed by atoms with E-state index in [1.54, 1.807) is 13.8 Å². The summed E-state index contributed by atoms with van der Waals surface area (Å²) in [6.07, 6.45) is 2.14. The van der Waals surface area contributed by atoms with Crippen molar-refractivity contribution in [3.8, 4) is 11.8 Å². The fourth-order valence-corrected chi connectivity index (χ4v) is 1.96. The van der Waals surface area contributed by atoms with Gasteiger partial charge >= 0.3 is 5.97 Å². The lowest BCUT2D eigenvalue weighted by atomic mass is 9.85. The molecule has 4 heteroatoms. The second-order valence-electron chi connectivity index (χ2n) is 4.02. The van der Waals surface area contributed by atoms with Crippen molar-refractivity contribution in [2.24, 2.45) is 5.41 Å². The number of hydrogen-bond donors (Lipinski definition) is 2. The normalized spacial score (nSPS) is 29.1. The second-order valence-corrected chi connectivity index (χ2v) is 4.02. The van der Waals surface area contributed by atoms with Crippen molar-refractivity contribution in [1.29, 1.82) is 0 Å². The number of rotatable bonds is 2. The SMILES string of the molecule is CC#CC(=O)NC1CCCC1(C)C(=O)O. The zero-order valence-electron chi connectivity index (χ0n) is 8.96. The molecule has 1 rings (SSSR count). The van der Waals surface area contributed by atoms with Gasteiger partial charge in [0.1, 0.15) is 0 Å². The number of carbonyl (C=O) groups excluding carboxylic acids is 1. The molecule has 1 saturated carbocycles. The maximum atomic E-state index is 11.2. The van der Waals surface area contributed by atoms with E-state index in [-0.39, 0.29) is 6.04 Å². The molecule has 4 nitrogen and oxygen atoms in total. The molecule has 0 heterocycles. The van der Waals surface area contributed by atoms with E-state index >= 15 is 0 Å². The minimum absolute atomic E-state index is 0.302. The first-order chi connectivity index (χ1) is 7.00. The number of carboxylic acids is 1. The molecule has 1 aliphatic rings. The molecule has 0 aromatic heterocycles. The Hall–Kier alpha value is -1.50. The first kappa shape index (κ1) is 11.6. The highest BCUT2D eigenvalue weighted by atomic mass is 16.4. The topological polar surface area (TPSA) is 66.4 Å². The molecule has 0 aliphatic heterocycles. The van der Waals surface area contributed by atoms with Crippen molar-refractivity contribution in [3.05, 3.63) is 0 Å². The van der Waals surface area contributed by atoms with Gasteiger partial charge in [-0.2, -0.15) is 0 Å². The fraction of sp³-hybridized carbons (Fsp3) is 0.636. The Morgan fingerprint density at radius 2 is 2.20 bits per heavy atom. The van der Waals surface area contributed by atoms with Gasteiger partial charge in [-0.1, -0.05) is 12.3 Å². The largest absolute Gasteiger partial charge is 0.481 e. The quantitative estimate of drug-likeness (QED) is 0.660. The van der Waals surface area contributed by atoms with Gasteiger partial charge in [0.25, 0.3) is 5.91 Å². The Bertz CT molecular complexity index is 339. The summed E-state index contributed by atoms with van der Waals surface area (Å²) >= 11 is 0. The molecule has 2 atom stereocenters. The molecule has 82 valence electrons. The predicted octanol–water partition coefficient (Wildman–Crippen LogP) is 0.769. The standard InChI is InChI=1S/C11H15NO3/c1-3-5-9(13)12-8-6-4-7-11(8,2)10(14)15/h8H,4,6-7H2,1-2H3,(H,12,13)(H,14,15). The molecular weight excluding hydrogens is 194 g/mol. The molecule has 2 unspecified atom stereocenters. The van der Waals surface area contributed by atoms with Crippen molar-refractivity contribution in [1.82, 2.24) is 5.32 Å². The summed E-state index contributed by atoms with van der Waals surface area (Å²) in [5.74, 6) is 3.60. The average Bonchev–Trinajstić information content (AvgIpc) is 2.50. The van der Waals surface area contributed by atoms with Crippen LogP contribution in [0.25, 0.3) is 0 Å². The molecular formula is C11H15NO3. The van der Waals surface area contributed by atoms with Gasteiger partial charge in [-0.3, -0.25) is 9.59 Å². The van der Waals surface area contributed by atoms with Crippen LogP contribution in [-0.4, -0.2) is 23.0 Å². The van der Waals surface area contributed by atoms with Crippen molar-refractivity contribution >= 4 is 11.9 Å². The van der Waals surface area contributed by atoms with E-state index in [0.717, 1.165) is 6.42 Å². The van der Waals surface area contributed by atoms with Crippen LogP contribution in [0.3, 0.4) is 0 Å².